The lowest BCUT2D eigenvalue weighted by Crippen LogP contribution is -2.35. The van der Waals surface area contributed by atoms with Gasteiger partial charge < -0.3 is 10.6 Å². The summed E-state index contributed by atoms with van der Waals surface area (Å²) in [5.74, 6) is -1.28. The van der Waals surface area contributed by atoms with Gasteiger partial charge in [0.2, 0.25) is 0 Å². The summed E-state index contributed by atoms with van der Waals surface area (Å²) in [5.41, 5.74) is 4.83. The third-order valence-electron chi connectivity index (χ3n) is 3.73. The Morgan fingerprint density at radius 1 is 0.913 bits per heavy atom. The molecule has 0 saturated carbocycles. The first-order chi connectivity index (χ1) is 11.0. The van der Waals surface area contributed by atoms with Crippen LogP contribution in [0, 0.1) is 13.8 Å². The zero-order chi connectivity index (χ0) is 16.8. The van der Waals surface area contributed by atoms with Gasteiger partial charge in [0.1, 0.15) is 0 Å². The number of carbonyl (C=O) groups excluding carboxylic acids is 2. The second kappa shape index (κ2) is 7.58. The third kappa shape index (κ3) is 4.68. The van der Waals surface area contributed by atoms with Gasteiger partial charge in [-0.1, -0.05) is 43.3 Å². The topological polar surface area (TPSA) is 58.2 Å². The highest BCUT2D eigenvalue weighted by atomic mass is 16.2. The quantitative estimate of drug-likeness (QED) is 0.853. The number of nitrogens with one attached hydrogen (secondary N) is 2. The normalized spacial score (nSPS) is 10.2. The molecule has 2 N–H and O–H groups in total. The van der Waals surface area contributed by atoms with Crippen LogP contribution in [0.5, 0.6) is 0 Å². The second-order valence-electron chi connectivity index (χ2n) is 5.63. The Balaban J connectivity index is 1.92. The van der Waals surface area contributed by atoms with Crippen molar-refractivity contribution in [3.8, 4) is 0 Å². The standard InChI is InChI=1S/C19H22N2O2/c1-4-15-7-9-16(10-8-15)12-20-18(22)19(23)21-17-11-13(2)5-6-14(17)3/h5-11H,4,12H2,1-3H3,(H,20,22)(H,21,23). The number of rotatable bonds is 4. The molecule has 0 fully saturated rings. The molecule has 0 aliphatic rings. The van der Waals surface area contributed by atoms with Crippen LogP contribution in [-0.4, -0.2) is 11.8 Å². The van der Waals surface area contributed by atoms with Crippen molar-refractivity contribution < 1.29 is 9.59 Å². The molecule has 0 atom stereocenters. The van der Waals surface area contributed by atoms with Crippen LogP contribution in [0.1, 0.15) is 29.2 Å². The Labute approximate surface area is 136 Å². The van der Waals surface area contributed by atoms with Gasteiger partial charge in [-0.25, -0.2) is 0 Å². The highest BCUT2D eigenvalue weighted by molar-refractivity contribution is 6.39. The van der Waals surface area contributed by atoms with Crippen LogP contribution in [0.25, 0.3) is 0 Å². The van der Waals surface area contributed by atoms with Crippen molar-refractivity contribution in [3.05, 3.63) is 64.7 Å². The van der Waals surface area contributed by atoms with E-state index in [1.165, 1.54) is 5.56 Å². The molecule has 2 aromatic rings. The highest BCUT2D eigenvalue weighted by Gasteiger charge is 2.14. The Morgan fingerprint density at radius 2 is 1.57 bits per heavy atom. The van der Waals surface area contributed by atoms with E-state index >= 15 is 0 Å². The van der Waals surface area contributed by atoms with E-state index in [4.69, 9.17) is 0 Å². The summed E-state index contributed by atoms with van der Waals surface area (Å²) in [6, 6.07) is 13.7. The predicted octanol–water partition coefficient (Wildman–Crippen LogP) is 3.12. The molecule has 120 valence electrons. The highest BCUT2D eigenvalue weighted by Crippen LogP contribution is 2.16. The summed E-state index contributed by atoms with van der Waals surface area (Å²) in [4.78, 5) is 23.9. The molecule has 0 aliphatic carbocycles. The number of anilines is 1. The molecule has 4 heteroatoms. The maximum absolute atomic E-state index is 12.0. The largest absolute Gasteiger partial charge is 0.344 e. The number of benzene rings is 2. The first-order valence-corrected chi connectivity index (χ1v) is 7.74. The van der Waals surface area contributed by atoms with Crippen molar-refractivity contribution in [2.24, 2.45) is 0 Å². The summed E-state index contributed by atoms with van der Waals surface area (Å²) in [5, 5.41) is 5.29. The first-order valence-electron chi connectivity index (χ1n) is 7.74. The van der Waals surface area contributed by atoms with Gasteiger partial charge in [-0.2, -0.15) is 0 Å². The van der Waals surface area contributed by atoms with Gasteiger partial charge in [0.25, 0.3) is 0 Å². The van der Waals surface area contributed by atoms with E-state index in [-0.39, 0.29) is 0 Å². The van der Waals surface area contributed by atoms with E-state index < -0.39 is 11.8 Å². The zero-order valence-corrected chi connectivity index (χ0v) is 13.8. The van der Waals surface area contributed by atoms with Crippen molar-refractivity contribution >= 4 is 17.5 Å². The molecule has 0 spiro atoms. The van der Waals surface area contributed by atoms with E-state index in [0.29, 0.717) is 12.2 Å². The molecular formula is C19H22N2O2. The van der Waals surface area contributed by atoms with Gasteiger partial charge in [0.15, 0.2) is 0 Å². The Hall–Kier alpha value is -2.62. The smallest absolute Gasteiger partial charge is 0.313 e. The number of carbonyl (C=O) groups is 2. The van der Waals surface area contributed by atoms with Gasteiger partial charge in [0, 0.05) is 12.2 Å². The SMILES string of the molecule is CCc1ccc(CNC(=O)C(=O)Nc2cc(C)ccc2C)cc1. The van der Waals surface area contributed by atoms with Crippen molar-refractivity contribution in [2.45, 2.75) is 33.7 Å². The van der Waals surface area contributed by atoms with Crippen LogP contribution >= 0.6 is 0 Å². The Morgan fingerprint density at radius 3 is 2.22 bits per heavy atom. The lowest BCUT2D eigenvalue weighted by molar-refractivity contribution is -0.136. The molecule has 0 saturated heterocycles. The van der Waals surface area contributed by atoms with E-state index in [9.17, 15) is 9.59 Å². The van der Waals surface area contributed by atoms with Gasteiger partial charge >= 0.3 is 11.8 Å². The van der Waals surface area contributed by atoms with Crippen molar-refractivity contribution in [3.63, 3.8) is 0 Å². The van der Waals surface area contributed by atoms with Crippen LogP contribution in [0.4, 0.5) is 5.69 Å². The van der Waals surface area contributed by atoms with Gasteiger partial charge in [-0.15, -0.1) is 0 Å². The van der Waals surface area contributed by atoms with Crippen molar-refractivity contribution in [1.82, 2.24) is 5.32 Å². The van der Waals surface area contributed by atoms with E-state index in [0.717, 1.165) is 23.1 Å². The number of aryl methyl sites for hydroxylation is 3. The molecule has 0 heterocycles. The molecular weight excluding hydrogens is 288 g/mol. The van der Waals surface area contributed by atoms with Crippen LogP contribution in [0.2, 0.25) is 0 Å². The Bertz CT molecular complexity index is 706. The lowest BCUT2D eigenvalue weighted by atomic mass is 10.1. The minimum Gasteiger partial charge on any atom is -0.344 e. The van der Waals surface area contributed by atoms with Gasteiger partial charge in [-0.05, 0) is 48.6 Å². The van der Waals surface area contributed by atoms with Crippen LogP contribution in [0.15, 0.2) is 42.5 Å². The van der Waals surface area contributed by atoms with Crippen LogP contribution < -0.4 is 10.6 Å². The summed E-state index contributed by atoms with van der Waals surface area (Å²) >= 11 is 0. The van der Waals surface area contributed by atoms with E-state index in [1.54, 1.807) is 0 Å². The van der Waals surface area contributed by atoms with Gasteiger partial charge in [0.05, 0.1) is 0 Å². The molecule has 0 bridgehead atoms. The second-order valence-corrected chi connectivity index (χ2v) is 5.63. The summed E-state index contributed by atoms with van der Waals surface area (Å²) in [6.07, 6.45) is 0.977. The minimum atomic E-state index is -0.649. The maximum atomic E-state index is 12.0. The summed E-state index contributed by atoms with van der Waals surface area (Å²) in [7, 11) is 0. The fraction of sp³-hybridized carbons (Fsp3) is 0.263. The first kappa shape index (κ1) is 16.7. The zero-order valence-electron chi connectivity index (χ0n) is 13.8. The number of amides is 2. The van der Waals surface area contributed by atoms with Gasteiger partial charge in [-0.3, -0.25) is 9.59 Å². The van der Waals surface area contributed by atoms with Crippen LogP contribution in [0.3, 0.4) is 0 Å². The van der Waals surface area contributed by atoms with Crippen LogP contribution in [-0.2, 0) is 22.6 Å². The molecule has 23 heavy (non-hydrogen) atoms. The number of hydrogen-bond acceptors (Lipinski definition) is 2. The summed E-state index contributed by atoms with van der Waals surface area (Å²) < 4.78 is 0. The molecule has 2 rings (SSSR count). The average molecular weight is 310 g/mol. The van der Waals surface area contributed by atoms with Crippen molar-refractivity contribution in [2.75, 3.05) is 5.32 Å². The molecule has 0 aliphatic heterocycles. The fourth-order valence-electron chi connectivity index (χ4n) is 2.21. The Kier molecular flexibility index (Phi) is 5.52. The maximum Gasteiger partial charge on any atom is 0.313 e. The molecule has 4 nitrogen and oxygen atoms in total. The summed E-state index contributed by atoms with van der Waals surface area (Å²) in [6.45, 7) is 6.26. The van der Waals surface area contributed by atoms with E-state index in [2.05, 4.69) is 17.6 Å². The molecule has 2 amide bonds. The fourth-order valence-corrected chi connectivity index (χ4v) is 2.21. The molecule has 0 unspecified atom stereocenters. The molecule has 0 radical (unpaired) electrons. The number of hydrogen-bond donors (Lipinski definition) is 2. The predicted molar refractivity (Wildman–Crippen MR) is 92.2 cm³/mol. The lowest BCUT2D eigenvalue weighted by Gasteiger charge is -2.10. The molecule has 0 aromatic heterocycles. The monoisotopic (exact) mass is 310 g/mol. The van der Waals surface area contributed by atoms with Crippen molar-refractivity contribution in [1.29, 1.82) is 0 Å². The molecule has 2 aromatic carbocycles. The van der Waals surface area contributed by atoms with E-state index in [1.807, 2.05) is 56.3 Å². The minimum absolute atomic E-state index is 0.336. The third-order valence-corrected chi connectivity index (χ3v) is 3.73. The average Bonchev–Trinajstić information content (AvgIpc) is 2.56.